The standard InChI is InChI=1S/C16H17N3/c1-2-19(11-12-7-8-12)16-13(9-17)10-18-15-6-4-3-5-14(15)16/h3-6,10,12H,2,7-8,11H2,1H3. The van der Waals surface area contributed by atoms with Crippen LogP contribution >= 0.6 is 0 Å². The Hall–Kier alpha value is -2.08. The molecule has 1 aliphatic carbocycles. The first-order valence-electron chi connectivity index (χ1n) is 6.86. The van der Waals surface area contributed by atoms with Gasteiger partial charge in [-0.1, -0.05) is 18.2 Å². The first-order valence-corrected chi connectivity index (χ1v) is 6.86. The van der Waals surface area contributed by atoms with Crippen LogP contribution in [0.2, 0.25) is 0 Å². The minimum absolute atomic E-state index is 0.682. The summed E-state index contributed by atoms with van der Waals surface area (Å²) in [7, 11) is 0. The van der Waals surface area contributed by atoms with E-state index in [1.807, 2.05) is 18.2 Å². The quantitative estimate of drug-likeness (QED) is 0.836. The lowest BCUT2D eigenvalue weighted by Crippen LogP contribution is -2.26. The molecule has 0 amide bonds. The van der Waals surface area contributed by atoms with Crippen LogP contribution in [0, 0.1) is 17.2 Å². The van der Waals surface area contributed by atoms with Crippen LogP contribution in [0.25, 0.3) is 10.9 Å². The van der Waals surface area contributed by atoms with Crippen molar-refractivity contribution in [2.24, 2.45) is 5.92 Å². The number of aromatic nitrogens is 1. The van der Waals surface area contributed by atoms with Crippen molar-refractivity contribution in [2.75, 3.05) is 18.0 Å². The molecule has 1 saturated carbocycles. The van der Waals surface area contributed by atoms with Crippen LogP contribution in [0.5, 0.6) is 0 Å². The van der Waals surface area contributed by atoms with Crippen molar-refractivity contribution in [3.63, 3.8) is 0 Å². The van der Waals surface area contributed by atoms with Gasteiger partial charge in [0.2, 0.25) is 0 Å². The number of hydrogen-bond acceptors (Lipinski definition) is 3. The van der Waals surface area contributed by atoms with Crippen molar-refractivity contribution >= 4 is 16.6 Å². The van der Waals surface area contributed by atoms with Crippen molar-refractivity contribution in [3.05, 3.63) is 36.0 Å². The van der Waals surface area contributed by atoms with E-state index in [0.29, 0.717) is 5.56 Å². The minimum Gasteiger partial charge on any atom is -0.370 e. The SMILES string of the molecule is CCN(CC1CC1)c1c(C#N)cnc2ccccc12. The van der Waals surface area contributed by atoms with Crippen molar-refractivity contribution in [1.29, 1.82) is 5.26 Å². The molecule has 1 heterocycles. The van der Waals surface area contributed by atoms with E-state index < -0.39 is 0 Å². The molecule has 0 bridgehead atoms. The fourth-order valence-corrected chi connectivity index (χ4v) is 2.54. The third kappa shape index (κ3) is 2.26. The number of benzene rings is 1. The number of nitrogens with zero attached hydrogens (tertiary/aromatic N) is 3. The van der Waals surface area contributed by atoms with Gasteiger partial charge in [-0.3, -0.25) is 4.98 Å². The number of fused-ring (bicyclic) bond motifs is 1. The zero-order valence-corrected chi connectivity index (χ0v) is 11.1. The van der Waals surface area contributed by atoms with Crippen molar-refractivity contribution in [3.8, 4) is 6.07 Å². The van der Waals surface area contributed by atoms with Crippen LogP contribution in [0.4, 0.5) is 5.69 Å². The Morgan fingerprint density at radius 2 is 2.16 bits per heavy atom. The molecule has 0 N–H and O–H groups in total. The summed E-state index contributed by atoms with van der Waals surface area (Å²) in [5.41, 5.74) is 2.70. The molecule has 0 atom stereocenters. The molecule has 3 heteroatoms. The first-order chi connectivity index (χ1) is 9.33. The summed E-state index contributed by atoms with van der Waals surface area (Å²) in [4.78, 5) is 6.71. The van der Waals surface area contributed by atoms with Crippen LogP contribution < -0.4 is 4.90 Å². The maximum absolute atomic E-state index is 9.36. The fraction of sp³-hybridized carbons (Fsp3) is 0.375. The number of para-hydroxylation sites is 1. The molecule has 0 radical (unpaired) electrons. The lowest BCUT2D eigenvalue weighted by molar-refractivity contribution is 0.743. The minimum atomic E-state index is 0.682. The van der Waals surface area contributed by atoms with Gasteiger partial charge in [-0.15, -0.1) is 0 Å². The highest BCUT2D eigenvalue weighted by Gasteiger charge is 2.25. The summed E-state index contributed by atoms with van der Waals surface area (Å²) in [5, 5.41) is 10.4. The second kappa shape index (κ2) is 4.89. The van der Waals surface area contributed by atoms with Crippen molar-refractivity contribution in [1.82, 2.24) is 4.98 Å². The molecule has 96 valence electrons. The largest absolute Gasteiger partial charge is 0.370 e. The van der Waals surface area contributed by atoms with Crippen LogP contribution in [-0.4, -0.2) is 18.1 Å². The maximum atomic E-state index is 9.36. The smallest absolute Gasteiger partial charge is 0.103 e. The Morgan fingerprint density at radius 1 is 1.37 bits per heavy atom. The van der Waals surface area contributed by atoms with Gasteiger partial charge in [0, 0.05) is 24.7 Å². The molecule has 0 spiro atoms. The van der Waals surface area contributed by atoms with Gasteiger partial charge in [0.15, 0.2) is 0 Å². The van der Waals surface area contributed by atoms with Crippen molar-refractivity contribution < 1.29 is 0 Å². The molecule has 0 unspecified atom stereocenters. The van der Waals surface area contributed by atoms with Gasteiger partial charge >= 0.3 is 0 Å². The van der Waals surface area contributed by atoms with E-state index in [-0.39, 0.29) is 0 Å². The van der Waals surface area contributed by atoms with Crippen molar-refractivity contribution in [2.45, 2.75) is 19.8 Å². The molecular weight excluding hydrogens is 234 g/mol. The van der Waals surface area contributed by atoms with E-state index in [1.165, 1.54) is 12.8 Å². The first kappa shape index (κ1) is 12.0. The van der Waals surface area contributed by atoms with E-state index in [9.17, 15) is 5.26 Å². The summed E-state index contributed by atoms with van der Waals surface area (Å²) in [5.74, 6) is 0.804. The second-order valence-electron chi connectivity index (χ2n) is 5.13. The zero-order chi connectivity index (χ0) is 13.2. The molecule has 19 heavy (non-hydrogen) atoms. The Kier molecular flexibility index (Phi) is 3.08. The van der Waals surface area contributed by atoms with E-state index in [2.05, 4.69) is 28.9 Å². The summed E-state index contributed by atoms with van der Waals surface area (Å²) in [6, 6.07) is 10.4. The van der Waals surface area contributed by atoms with Gasteiger partial charge in [0.1, 0.15) is 6.07 Å². The van der Waals surface area contributed by atoms with E-state index in [1.54, 1.807) is 6.20 Å². The molecule has 0 saturated heterocycles. The Morgan fingerprint density at radius 3 is 2.84 bits per heavy atom. The predicted molar refractivity (Wildman–Crippen MR) is 77.1 cm³/mol. The highest BCUT2D eigenvalue weighted by atomic mass is 15.1. The molecular formula is C16H17N3. The van der Waals surface area contributed by atoms with E-state index in [4.69, 9.17) is 0 Å². The highest BCUT2D eigenvalue weighted by molar-refractivity contribution is 5.94. The van der Waals surface area contributed by atoms with Gasteiger partial charge in [-0.2, -0.15) is 5.26 Å². The zero-order valence-electron chi connectivity index (χ0n) is 11.1. The lowest BCUT2D eigenvalue weighted by atomic mass is 10.1. The van der Waals surface area contributed by atoms with E-state index in [0.717, 1.165) is 35.6 Å². The van der Waals surface area contributed by atoms with Gasteiger partial charge in [0.05, 0.1) is 16.8 Å². The van der Waals surface area contributed by atoms with Gasteiger partial charge in [-0.25, -0.2) is 0 Å². The molecule has 1 fully saturated rings. The molecule has 3 nitrogen and oxygen atoms in total. The molecule has 1 aliphatic rings. The summed E-state index contributed by atoms with van der Waals surface area (Å²) >= 11 is 0. The number of hydrogen-bond donors (Lipinski definition) is 0. The Bertz CT molecular complexity index is 638. The average Bonchev–Trinajstić information content (AvgIpc) is 3.27. The molecule has 1 aromatic heterocycles. The monoisotopic (exact) mass is 251 g/mol. The van der Waals surface area contributed by atoms with Crippen LogP contribution in [-0.2, 0) is 0 Å². The van der Waals surface area contributed by atoms with Gasteiger partial charge in [0.25, 0.3) is 0 Å². The third-order valence-corrected chi connectivity index (χ3v) is 3.74. The number of anilines is 1. The number of rotatable bonds is 4. The van der Waals surface area contributed by atoms with Crippen LogP contribution in [0.3, 0.4) is 0 Å². The summed E-state index contributed by atoms with van der Waals surface area (Å²) in [6.45, 7) is 4.14. The van der Waals surface area contributed by atoms with Gasteiger partial charge < -0.3 is 4.90 Å². The Balaban J connectivity index is 2.14. The predicted octanol–water partition coefficient (Wildman–Crippen LogP) is 3.34. The number of pyridine rings is 1. The molecule has 1 aromatic carbocycles. The molecule has 2 aromatic rings. The van der Waals surface area contributed by atoms with Crippen LogP contribution in [0.15, 0.2) is 30.5 Å². The fourth-order valence-electron chi connectivity index (χ4n) is 2.54. The normalized spacial score (nSPS) is 14.3. The summed E-state index contributed by atoms with van der Waals surface area (Å²) < 4.78 is 0. The lowest BCUT2D eigenvalue weighted by Gasteiger charge is -2.25. The van der Waals surface area contributed by atoms with E-state index >= 15 is 0 Å². The Labute approximate surface area is 113 Å². The second-order valence-corrected chi connectivity index (χ2v) is 5.13. The summed E-state index contributed by atoms with van der Waals surface area (Å²) in [6.07, 6.45) is 4.34. The molecule has 3 rings (SSSR count). The maximum Gasteiger partial charge on any atom is 0.103 e. The number of nitriles is 1. The van der Waals surface area contributed by atoms with Crippen LogP contribution in [0.1, 0.15) is 25.3 Å². The average molecular weight is 251 g/mol. The third-order valence-electron chi connectivity index (χ3n) is 3.74. The highest BCUT2D eigenvalue weighted by Crippen LogP contribution is 2.35. The van der Waals surface area contributed by atoms with Gasteiger partial charge in [-0.05, 0) is 31.7 Å². The topological polar surface area (TPSA) is 39.9 Å². The molecule has 0 aliphatic heterocycles.